The van der Waals surface area contributed by atoms with E-state index in [1.807, 2.05) is 37.3 Å². The van der Waals surface area contributed by atoms with Gasteiger partial charge in [0.1, 0.15) is 6.61 Å². The van der Waals surface area contributed by atoms with E-state index in [0.717, 1.165) is 5.56 Å². The zero-order valence-electron chi connectivity index (χ0n) is 12.4. The summed E-state index contributed by atoms with van der Waals surface area (Å²) in [6.07, 6.45) is 4.70. The highest BCUT2D eigenvalue weighted by atomic mass is 16.5. The number of primary amides is 1. The lowest BCUT2D eigenvalue weighted by Crippen LogP contribution is -2.13. The number of carbonyl (C=O) groups is 1. The van der Waals surface area contributed by atoms with Crippen molar-refractivity contribution in [1.29, 1.82) is 0 Å². The van der Waals surface area contributed by atoms with E-state index in [1.54, 1.807) is 6.08 Å². The highest BCUT2D eigenvalue weighted by Crippen LogP contribution is 2.17. The Hall–Kier alpha value is -2.82. The zero-order valence-corrected chi connectivity index (χ0v) is 12.4. The van der Waals surface area contributed by atoms with Gasteiger partial charge in [-0.15, -0.1) is 0 Å². The Morgan fingerprint density at radius 2 is 2.09 bits per heavy atom. The Morgan fingerprint density at radius 1 is 1.32 bits per heavy atom. The smallest absolute Gasteiger partial charge is 0.249 e. The van der Waals surface area contributed by atoms with Gasteiger partial charge in [-0.25, -0.2) is 4.98 Å². The van der Waals surface area contributed by atoms with Crippen LogP contribution in [0.5, 0.6) is 5.88 Å². The van der Waals surface area contributed by atoms with Crippen molar-refractivity contribution in [3.63, 3.8) is 0 Å². The van der Waals surface area contributed by atoms with Gasteiger partial charge in [-0.3, -0.25) is 4.79 Å². The minimum atomic E-state index is -0.539. The first kappa shape index (κ1) is 15.6. The summed E-state index contributed by atoms with van der Waals surface area (Å²) in [7, 11) is 0. The maximum absolute atomic E-state index is 11.5. The van der Waals surface area contributed by atoms with Crippen LogP contribution in [0.2, 0.25) is 0 Å². The normalized spacial score (nSPS) is 10.6. The third-order valence-corrected chi connectivity index (χ3v) is 2.92. The number of nitrogens with two attached hydrogens (primary N) is 1. The Bertz CT molecular complexity index is 654. The van der Waals surface area contributed by atoms with E-state index in [1.165, 1.54) is 18.5 Å². The molecule has 0 aliphatic carbocycles. The topological polar surface area (TPSA) is 74.4 Å². The molecule has 0 fully saturated rings. The predicted octanol–water partition coefficient (Wildman–Crippen LogP) is 2.77. The van der Waals surface area contributed by atoms with Gasteiger partial charge < -0.3 is 15.2 Å². The van der Waals surface area contributed by atoms with Crippen molar-refractivity contribution in [2.24, 2.45) is 5.73 Å². The molecule has 22 heavy (non-hydrogen) atoms. The second kappa shape index (κ2) is 7.83. The highest BCUT2D eigenvalue weighted by Gasteiger charge is 2.09. The molecule has 2 rings (SSSR count). The average Bonchev–Trinajstić information content (AvgIpc) is 2.54. The van der Waals surface area contributed by atoms with Gasteiger partial charge in [0.2, 0.25) is 11.8 Å². The number of pyridine rings is 1. The number of benzene rings is 1. The van der Waals surface area contributed by atoms with Crippen molar-refractivity contribution < 1.29 is 14.3 Å². The van der Waals surface area contributed by atoms with E-state index in [2.05, 4.69) is 4.98 Å². The van der Waals surface area contributed by atoms with Crippen molar-refractivity contribution in [2.45, 2.75) is 13.5 Å². The maximum Gasteiger partial charge on any atom is 0.249 e. The van der Waals surface area contributed by atoms with Gasteiger partial charge in [-0.2, -0.15) is 0 Å². The number of carbonyl (C=O) groups excluding carboxylic acids is 1. The molecule has 1 aromatic heterocycles. The number of hydrogen-bond acceptors (Lipinski definition) is 4. The number of amides is 1. The first-order valence-electron chi connectivity index (χ1n) is 6.95. The molecule has 0 saturated carbocycles. The molecule has 2 aromatic rings. The Balaban J connectivity index is 2.13. The van der Waals surface area contributed by atoms with Crippen LogP contribution in [0.3, 0.4) is 0 Å². The lowest BCUT2D eigenvalue weighted by Gasteiger charge is -2.08. The van der Waals surface area contributed by atoms with Crippen molar-refractivity contribution in [3.05, 3.63) is 65.5 Å². The standard InChI is InChI=1S/C17H18N2O3/c1-2-21-9-8-14-11-19-16(10-15(14)17(18)20)22-12-13-6-4-3-5-7-13/h3-11H,2,12H2,1H3,(H2,18,20). The molecule has 2 N–H and O–H groups in total. The number of rotatable bonds is 7. The van der Waals surface area contributed by atoms with Crippen LogP contribution in [-0.2, 0) is 11.3 Å². The molecule has 0 aliphatic heterocycles. The molecule has 0 aliphatic rings. The Labute approximate surface area is 129 Å². The molecule has 5 nitrogen and oxygen atoms in total. The fourth-order valence-corrected chi connectivity index (χ4v) is 1.82. The molecule has 0 bridgehead atoms. The largest absolute Gasteiger partial charge is 0.501 e. The van der Waals surface area contributed by atoms with Crippen molar-refractivity contribution in [1.82, 2.24) is 4.98 Å². The van der Waals surface area contributed by atoms with Crippen LogP contribution >= 0.6 is 0 Å². The van der Waals surface area contributed by atoms with E-state index in [0.29, 0.717) is 30.2 Å². The van der Waals surface area contributed by atoms with Gasteiger partial charge >= 0.3 is 0 Å². The summed E-state index contributed by atoms with van der Waals surface area (Å²) < 4.78 is 10.7. The zero-order chi connectivity index (χ0) is 15.8. The fourth-order valence-electron chi connectivity index (χ4n) is 1.82. The summed E-state index contributed by atoms with van der Waals surface area (Å²) in [4.78, 5) is 15.7. The second-order valence-corrected chi connectivity index (χ2v) is 4.51. The van der Waals surface area contributed by atoms with Gasteiger partial charge in [0.25, 0.3) is 0 Å². The molecule has 1 amide bonds. The minimum absolute atomic E-state index is 0.342. The summed E-state index contributed by atoms with van der Waals surface area (Å²) >= 11 is 0. The molecule has 5 heteroatoms. The van der Waals surface area contributed by atoms with Gasteiger partial charge in [0.15, 0.2) is 0 Å². The van der Waals surface area contributed by atoms with E-state index in [-0.39, 0.29) is 0 Å². The fraction of sp³-hybridized carbons (Fsp3) is 0.176. The number of hydrogen-bond donors (Lipinski definition) is 1. The molecule has 0 saturated heterocycles. The molecule has 114 valence electrons. The van der Waals surface area contributed by atoms with Crippen LogP contribution in [0.4, 0.5) is 0 Å². The SMILES string of the molecule is CCOC=Cc1cnc(OCc2ccccc2)cc1C(N)=O. The molecule has 0 atom stereocenters. The van der Waals surface area contributed by atoms with Crippen molar-refractivity contribution in [3.8, 4) is 5.88 Å². The molecule has 0 radical (unpaired) electrons. The molecule has 1 aromatic carbocycles. The molecular weight excluding hydrogens is 280 g/mol. The Kier molecular flexibility index (Phi) is 5.54. The van der Waals surface area contributed by atoms with Crippen molar-refractivity contribution >= 4 is 12.0 Å². The third kappa shape index (κ3) is 4.34. The maximum atomic E-state index is 11.5. The lowest BCUT2D eigenvalue weighted by atomic mass is 10.1. The molecule has 0 unspecified atom stereocenters. The van der Waals surface area contributed by atoms with Crippen LogP contribution < -0.4 is 10.5 Å². The summed E-state index contributed by atoms with van der Waals surface area (Å²) in [5.41, 5.74) is 7.35. The molecular formula is C17H18N2O3. The van der Waals surface area contributed by atoms with Gasteiger partial charge in [0, 0.05) is 17.8 Å². The minimum Gasteiger partial charge on any atom is -0.501 e. The quantitative estimate of drug-likeness (QED) is 0.798. The number of ether oxygens (including phenoxy) is 2. The molecule has 1 heterocycles. The highest BCUT2D eigenvalue weighted by molar-refractivity contribution is 5.96. The average molecular weight is 298 g/mol. The van der Waals surface area contributed by atoms with E-state index in [9.17, 15) is 4.79 Å². The van der Waals surface area contributed by atoms with Gasteiger partial charge in [0.05, 0.1) is 18.4 Å². The monoisotopic (exact) mass is 298 g/mol. The van der Waals surface area contributed by atoms with E-state index >= 15 is 0 Å². The summed E-state index contributed by atoms with van der Waals surface area (Å²) in [5, 5.41) is 0. The van der Waals surface area contributed by atoms with Crippen LogP contribution in [0, 0.1) is 0 Å². The van der Waals surface area contributed by atoms with Crippen LogP contribution in [0.1, 0.15) is 28.4 Å². The van der Waals surface area contributed by atoms with E-state index < -0.39 is 5.91 Å². The van der Waals surface area contributed by atoms with Gasteiger partial charge in [-0.1, -0.05) is 30.3 Å². The predicted molar refractivity (Wildman–Crippen MR) is 84.2 cm³/mol. The van der Waals surface area contributed by atoms with E-state index in [4.69, 9.17) is 15.2 Å². The third-order valence-electron chi connectivity index (χ3n) is 2.92. The number of nitrogens with zero attached hydrogens (tertiary/aromatic N) is 1. The van der Waals surface area contributed by atoms with Gasteiger partial charge in [-0.05, 0) is 18.6 Å². The summed E-state index contributed by atoms with van der Waals surface area (Å²) in [5.74, 6) is -0.186. The van der Waals surface area contributed by atoms with Crippen molar-refractivity contribution in [2.75, 3.05) is 6.61 Å². The first-order chi connectivity index (χ1) is 10.7. The Morgan fingerprint density at radius 3 is 2.77 bits per heavy atom. The number of aromatic nitrogens is 1. The van der Waals surface area contributed by atoms with Crippen LogP contribution in [-0.4, -0.2) is 17.5 Å². The second-order valence-electron chi connectivity index (χ2n) is 4.51. The first-order valence-corrected chi connectivity index (χ1v) is 6.95. The summed E-state index contributed by atoms with van der Waals surface area (Å²) in [6.45, 7) is 2.80. The lowest BCUT2D eigenvalue weighted by molar-refractivity contribution is 0.0999. The summed E-state index contributed by atoms with van der Waals surface area (Å²) in [6, 6.07) is 11.2. The van der Waals surface area contributed by atoms with Crippen LogP contribution in [0.25, 0.3) is 6.08 Å². The molecule has 0 spiro atoms. The van der Waals surface area contributed by atoms with Crippen LogP contribution in [0.15, 0.2) is 48.9 Å².